The van der Waals surface area contributed by atoms with Gasteiger partial charge in [0.1, 0.15) is 12.5 Å². The molecule has 34 heavy (non-hydrogen) atoms. The minimum atomic E-state index is -0.764. The summed E-state index contributed by atoms with van der Waals surface area (Å²) in [5.74, 6) is 0.0561. The van der Waals surface area contributed by atoms with Crippen LogP contribution in [0.15, 0.2) is 60.7 Å². The fourth-order valence-corrected chi connectivity index (χ4v) is 5.27. The summed E-state index contributed by atoms with van der Waals surface area (Å²) < 4.78 is 16.3. The topological polar surface area (TPSA) is 51.1 Å². The van der Waals surface area contributed by atoms with Gasteiger partial charge in [-0.1, -0.05) is 62.4 Å². The number of halogens is 1. The molecule has 1 fully saturated rings. The fourth-order valence-electron chi connectivity index (χ4n) is 5.27. The number of alkyl halides is 1. The van der Waals surface area contributed by atoms with Crippen molar-refractivity contribution >= 4 is 17.9 Å². The summed E-state index contributed by atoms with van der Waals surface area (Å²) >= 11 is 0. The molecule has 5 heteroatoms. The molecule has 1 amide bonds. The Morgan fingerprint density at radius 2 is 1.65 bits per heavy atom. The molecule has 3 aromatic rings. The predicted molar refractivity (Wildman–Crippen MR) is 135 cm³/mol. The molecule has 1 aromatic heterocycles. The van der Waals surface area contributed by atoms with Crippen molar-refractivity contribution in [2.45, 2.75) is 70.5 Å². The van der Waals surface area contributed by atoms with Crippen LogP contribution in [0.3, 0.4) is 0 Å². The van der Waals surface area contributed by atoms with Gasteiger partial charge in [-0.15, -0.1) is 0 Å². The lowest BCUT2D eigenvalue weighted by atomic mass is 9.82. The molecule has 2 aromatic carbocycles. The molecule has 0 atom stereocenters. The molecule has 1 aliphatic carbocycles. The number of aromatic nitrogens is 1. The van der Waals surface area contributed by atoms with E-state index in [9.17, 15) is 14.0 Å². The van der Waals surface area contributed by atoms with Gasteiger partial charge in [0, 0.05) is 41.5 Å². The predicted octanol–water partition coefficient (Wildman–Crippen LogP) is 7.12. The van der Waals surface area contributed by atoms with Crippen LogP contribution in [-0.4, -0.2) is 22.9 Å². The van der Waals surface area contributed by atoms with Gasteiger partial charge < -0.3 is 14.7 Å². The van der Waals surface area contributed by atoms with Crippen molar-refractivity contribution in [1.82, 2.24) is 4.57 Å². The van der Waals surface area contributed by atoms with Gasteiger partial charge in [0.25, 0.3) is 5.91 Å². The minimum Gasteiger partial charge on any atom is -0.346 e. The number of nitrogens with zero attached hydrogens (tertiary/aromatic N) is 1. The van der Waals surface area contributed by atoms with E-state index in [1.807, 2.05) is 60.7 Å². The number of hydrogen-bond acceptors (Lipinski definition) is 2. The van der Waals surface area contributed by atoms with Gasteiger partial charge in [0.05, 0.1) is 5.56 Å². The van der Waals surface area contributed by atoms with Crippen LogP contribution in [0.5, 0.6) is 0 Å². The molecule has 178 valence electrons. The van der Waals surface area contributed by atoms with E-state index in [4.69, 9.17) is 0 Å². The van der Waals surface area contributed by atoms with Crippen LogP contribution < -0.4 is 5.32 Å². The SMILES string of the molecule is CC(C)c1c(C(=O)Nc2ccccc2)c(-c2ccccc2)c(C2CCC(F)CC2)n1CCC=O. The van der Waals surface area contributed by atoms with Crippen LogP contribution >= 0.6 is 0 Å². The van der Waals surface area contributed by atoms with Gasteiger partial charge in [-0.2, -0.15) is 0 Å². The maximum absolute atomic E-state index is 14.1. The summed E-state index contributed by atoms with van der Waals surface area (Å²) in [6.07, 6.45) is 3.07. The second kappa shape index (κ2) is 10.8. The summed E-state index contributed by atoms with van der Waals surface area (Å²) in [6.45, 7) is 4.69. The molecule has 1 saturated carbocycles. The Morgan fingerprint density at radius 3 is 2.24 bits per heavy atom. The number of carbonyl (C=O) groups excluding carboxylic acids is 2. The van der Waals surface area contributed by atoms with Crippen molar-refractivity contribution < 1.29 is 14.0 Å². The van der Waals surface area contributed by atoms with Crippen LogP contribution in [0.1, 0.15) is 79.5 Å². The number of aldehydes is 1. The largest absolute Gasteiger partial charge is 0.346 e. The number of anilines is 1. The van der Waals surface area contributed by atoms with E-state index in [0.29, 0.717) is 31.4 Å². The van der Waals surface area contributed by atoms with E-state index in [-0.39, 0.29) is 17.7 Å². The molecule has 0 unspecified atom stereocenters. The van der Waals surface area contributed by atoms with Gasteiger partial charge in [0.15, 0.2) is 0 Å². The van der Waals surface area contributed by atoms with Crippen LogP contribution in [0.2, 0.25) is 0 Å². The average molecular weight is 461 g/mol. The molecule has 1 heterocycles. The fraction of sp³-hybridized carbons (Fsp3) is 0.379. The highest BCUT2D eigenvalue weighted by molar-refractivity contribution is 6.10. The summed E-state index contributed by atoms with van der Waals surface area (Å²) in [7, 11) is 0. The zero-order valence-corrected chi connectivity index (χ0v) is 20.0. The normalized spacial score (nSPS) is 18.1. The van der Waals surface area contributed by atoms with E-state index < -0.39 is 6.17 Å². The lowest BCUT2D eigenvalue weighted by Gasteiger charge is -2.27. The molecular formula is C29H33FN2O2. The lowest BCUT2D eigenvalue weighted by Crippen LogP contribution is -2.19. The highest BCUT2D eigenvalue weighted by atomic mass is 19.1. The summed E-state index contributed by atoms with van der Waals surface area (Å²) in [5, 5.41) is 3.09. The Bertz CT molecular complexity index is 1110. The van der Waals surface area contributed by atoms with Crippen molar-refractivity contribution in [2.24, 2.45) is 0 Å². The Labute approximate surface area is 201 Å². The minimum absolute atomic E-state index is 0.0666. The molecule has 1 N–H and O–H groups in total. The van der Waals surface area contributed by atoms with E-state index in [1.54, 1.807) is 0 Å². The Kier molecular flexibility index (Phi) is 7.61. The number of carbonyl (C=O) groups is 2. The van der Waals surface area contributed by atoms with E-state index in [2.05, 4.69) is 23.7 Å². The van der Waals surface area contributed by atoms with E-state index in [1.165, 1.54) is 0 Å². The number of nitrogens with one attached hydrogen (secondary N) is 1. The van der Waals surface area contributed by atoms with Crippen molar-refractivity contribution in [3.8, 4) is 11.1 Å². The molecule has 0 spiro atoms. The Morgan fingerprint density at radius 1 is 1.03 bits per heavy atom. The van der Waals surface area contributed by atoms with Crippen LogP contribution in [0, 0.1) is 0 Å². The zero-order chi connectivity index (χ0) is 24.1. The number of para-hydroxylation sites is 1. The van der Waals surface area contributed by atoms with Gasteiger partial charge in [-0.3, -0.25) is 4.79 Å². The third-order valence-corrected chi connectivity index (χ3v) is 6.73. The highest BCUT2D eigenvalue weighted by Gasteiger charge is 2.34. The first kappa shape index (κ1) is 23.9. The molecular weight excluding hydrogens is 427 g/mol. The van der Waals surface area contributed by atoms with Crippen molar-refractivity contribution in [3.05, 3.63) is 77.6 Å². The van der Waals surface area contributed by atoms with Crippen LogP contribution in [0.25, 0.3) is 11.1 Å². The first-order valence-corrected chi connectivity index (χ1v) is 12.3. The molecule has 0 aliphatic heterocycles. The van der Waals surface area contributed by atoms with E-state index in [0.717, 1.165) is 47.3 Å². The maximum atomic E-state index is 14.1. The summed E-state index contributed by atoms with van der Waals surface area (Å²) in [4.78, 5) is 25.2. The number of amides is 1. The molecule has 0 saturated heterocycles. The van der Waals surface area contributed by atoms with Crippen molar-refractivity contribution in [3.63, 3.8) is 0 Å². The van der Waals surface area contributed by atoms with Crippen molar-refractivity contribution in [2.75, 3.05) is 5.32 Å². The highest BCUT2D eigenvalue weighted by Crippen LogP contribution is 2.45. The molecule has 0 radical (unpaired) electrons. The van der Waals surface area contributed by atoms with Gasteiger partial charge >= 0.3 is 0 Å². The quantitative estimate of drug-likeness (QED) is 0.364. The molecule has 4 nitrogen and oxygen atoms in total. The van der Waals surface area contributed by atoms with E-state index >= 15 is 0 Å². The number of hydrogen-bond donors (Lipinski definition) is 1. The average Bonchev–Trinajstić information content (AvgIpc) is 3.20. The molecule has 0 bridgehead atoms. The van der Waals surface area contributed by atoms with Crippen LogP contribution in [-0.2, 0) is 11.3 Å². The number of rotatable bonds is 8. The number of benzene rings is 2. The maximum Gasteiger partial charge on any atom is 0.258 e. The first-order chi connectivity index (χ1) is 16.5. The summed E-state index contributed by atoms with van der Waals surface area (Å²) in [6, 6.07) is 19.5. The van der Waals surface area contributed by atoms with Gasteiger partial charge in [-0.25, -0.2) is 4.39 Å². The molecule has 1 aliphatic rings. The Balaban J connectivity index is 1.95. The monoisotopic (exact) mass is 460 g/mol. The zero-order valence-electron chi connectivity index (χ0n) is 20.0. The van der Waals surface area contributed by atoms with Gasteiger partial charge in [0.2, 0.25) is 0 Å². The Hall–Kier alpha value is -3.21. The molecule has 4 rings (SSSR count). The second-order valence-electron chi connectivity index (χ2n) is 9.42. The summed E-state index contributed by atoms with van der Waals surface area (Å²) in [5.41, 5.74) is 5.30. The first-order valence-electron chi connectivity index (χ1n) is 12.3. The third-order valence-electron chi connectivity index (χ3n) is 6.73. The second-order valence-corrected chi connectivity index (χ2v) is 9.42. The smallest absolute Gasteiger partial charge is 0.258 e. The standard InChI is InChI=1S/C29H33FN2O2/c1-20(2)27-26(29(34)31-24-12-7-4-8-13-24)25(21-10-5-3-6-11-21)28(32(27)18-9-19-33)22-14-16-23(30)17-15-22/h3-8,10-13,19-20,22-23H,9,14-18H2,1-2H3,(H,31,34). The lowest BCUT2D eigenvalue weighted by molar-refractivity contribution is -0.108. The third kappa shape index (κ3) is 4.98. The van der Waals surface area contributed by atoms with Gasteiger partial charge in [-0.05, 0) is 49.3 Å². The van der Waals surface area contributed by atoms with Crippen LogP contribution in [0.4, 0.5) is 10.1 Å². The van der Waals surface area contributed by atoms with Crippen molar-refractivity contribution in [1.29, 1.82) is 0 Å².